The van der Waals surface area contributed by atoms with Gasteiger partial charge in [-0.05, 0) is 40.9 Å². The summed E-state index contributed by atoms with van der Waals surface area (Å²) >= 11 is 4.95. The van der Waals surface area contributed by atoms with Crippen LogP contribution in [-0.2, 0) is 0 Å². The molecule has 84 valence electrons. The molecule has 0 radical (unpaired) electrons. The first-order chi connectivity index (χ1) is 7.09. The fraction of sp³-hybridized carbons (Fsp3) is 0.545. The van der Waals surface area contributed by atoms with E-state index in [0.717, 1.165) is 22.3 Å². The van der Waals surface area contributed by atoms with Crippen molar-refractivity contribution in [3.63, 3.8) is 0 Å². The second kappa shape index (κ2) is 5.87. The van der Waals surface area contributed by atoms with Crippen LogP contribution < -0.4 is 0 Å². The molecule has 0 aliphatic rings. The van der Waals surface area contributed by atoms with E-state index in [1.807, 2.05) is 26.0 Å². The monoisotopic (exact) mass is 289 g/mol. The van der Waals surface area contributed by atoms with E-state index >= 15 is 0 Å². The number of thioether (sulfide) groups is 1. The Morgan fingerprint density at radius 2 is 2.07 bits per heavy atom. The number of hydrogen-bond donors (Lipinski definition) is 1. The summed E-state index contributed by atoms with van der Waals surface area (Å²) in [6.45, 7) is 4.03. The minimum atomic E-state index is -0.556. The number of hydrogen-bond acceptors (Lipinski definition) is 3. The highest BCUT2D eigenvalue weighted by atomic mass is 79.9. The Morgan fingerprint density at radius 3 is 2.53 bits per heavy atom. The van der Waals surface area contributed by atoms with Crippen LogP contribution in [0.25, 0.3) is 0 Å². The lowest BCUT2D eigenvalue weighted by atomic mass is 10.0. The molecule has 0 saturated heterocycles. The molecule has 0 atom stereocenters. The van der Waals surface area contributed by atoms with Crippen LogP contribution in [0.3, 0.4) is 0 Å². The van der Waals surface area contributed by atoms with Crippen molar-refractivity contribution in [1.29, 1.82) is 0 Å². The molecule has 0 spiro atoms. The first-order valence-corrected chi connectivity index (χ1v) is 6.84. The molecule has 4 heteroatoms. The molecule has 0 aromatic carbocycles. The Balaban J connectivity index is 2.53. The molecule has 1 aromatic rings. The van der Waals surface area contributed by atoms with Gasteiger partial charge in [0, 0.05) is 16.4 Å². The van der Waals surface area contributed by atoms with Crippen LogP contribution in [-0.4, -0.2) is 21.4 Å². The van der Waals surface area contributed by atoms with E-state index in [0.29, 0.717) is 5.75 Å². The predicted molar refractivity (Wildman–Crippen MR) is 68.2 cm³/mol. The highest BCUT2D eigenvalue weighted by Gasteiger charge is 2.22. The molecule has 1 N–H and O–H groups in total. The minimum absolute atomic E-state index is 0.556. The van der Waals surface area contributed by atoms with Gasteiger partial charge in [0.05, 0.1) is 10.6 Å². The van der Waals surface area contributed by atoms with Gasteiger partial charge in [-0.25, -0.2) is 4.98 Å². The van der Waals surface area contributed by atoms with Crippen molar-refractivity contribution in [3.05, 3.63) is 22.8 Å². The number of aliphatic hydroxyl groups is 1. The van der Waals surface area contributed by atoms with Crippen molar-refractivity contribution in [2.45, 2.75) is 37.3 Å². The zero-order valence-corrected chi connectivity index (χ0v) is 11.4. The summed E-state index contributed by atoms with van der Waals surface area (Å²) in [5.41, 5.74) is -0.556. The lowest BCUT2D eigenvalue weighted by molar-refractivity contribution is 0.0571. The van der Waals surface area contributed by atoms with E-state index in [9.17, 15) is 5.11 Å². The number of halogens is 1. The molecular weight excluding hydrogens is 274 g/mol. The maximum Gasteiger partial charge on any atom is 0.0961 e. The average molecular weight is 290 g/mol. The molecule has 15 heavy (non-hydrogen) atoms. The molecular formula is C11H16BrNOS. The summed E-state index contributed by atoms with van der Waals surface area (Å²) < 4.78 is 0.980. The van der Waals surface area contributed by atoms with E-state index in [-0.39, 0.29) is 0 Å². The SMILES string of the molecule is CCC(O)(CC)CSc1ccc(Br)cn1. The third-order valence-corrected chi connectivity index (χ3v) is 4.19. The second-order valence-electron chi connectivity index (χ2n) is 3.53. The van der Waals surface area contributed by atoms with E-state index < -0.39 is 5.60 Å². The normalized spacial score (nSPS) is 11.7. The van der Waals surface area contributed by atoms with Gasteiger partial charge in [-0.1, -0.05) is 13.8 Å². The van der Waals surface area contributed by atoms with Gasteiger partial charge < -0.3 is 5.11 Å². The van der Waals surface area contributed by atoms with Crippen LogP contribution in [0.15, 0.2) is 27.8 Å². The van der Waals surface area contributed by atoms with Crippen LogP contribution >= 0.6 is 27.7 Å². The van der Waals surface area contributed by atoms with Gasteiger partial charge in [0.1, 0.15) is 0 Å². The maximum absolute atomic E-state index is 10.1. The molecule has 0 unspecified atom stereocenters. The number of nitrogens with zero attached hydrogens (tertiary/aromatic N) is 1. The van der Waals surface area contributed by atoms with E-state index in [4.69, 9.17) is 0 Å². The zero-order valence-electron chi connectivity index (χ0n) is 9.03. The Kier molecular flexibility index (Phi) is 5.09. The number of pyridine rings is 1. The third kappa shape index (κ3) is 4.13. The average Bonchev–Trinajstić information content (AvgIpc) is 2.28. The molecule has 0 amide bonds. The van der Waals surface area contributed by atoms with Crippen molar-refractivity contribution >= 4 is 27.7 Å². The molecule has 0 aliphatic carbocycles. The van der Waals surface area contributed by atoms with Gasteiger partial charge in [0.15, 0.2) is 0 Å². The fourth-order valence-electron chi connectivity index (χ4n) is 1.11. The Morgan fingerprint density at radius 1 is 1.40 bits per heavy atom. The van der Waals surface area contributed by atoms with Crippen molar-refractivity contribution in [2.24, 2.45) is 0 Å². The van der Waals surface area contributed by atoms with Crippen LogP contribution in [0.4, 0.5) is 0 Å². The first kappa shape index (κ1) is 13.0. The molecule has 1 rings (SSSR count). The van der Waals surface area contributed by atoms with Gasteiger partial charge in [0.25, 0.3) is 0 Å². The lowest BCUT2D eigenvalue weighted by Gasteiger charge is -2.24. The predicted octanol–water partition coefficient (Wildman–Crippen LogP) is 3.49. The van der Waals surface area contributed by atoms with E-state index in [1.165, 1.54) is 0 Å². The van der Waals surface area contributed by atoms with Crippen molar-refractivity contribution in [1.82, 2.24) is 4.98 Å². The fourth-order valence-corrected chi connectivity index (χ4v) is 2.46. The topological polar surface area (TPSA) is 33.1 Å². The largest absolute Gasteiger partial charge is 0.389 e. The number of rotatable bonds is 5. The van der Waals surface area contributed by atoms with E-state index in [2.05, 4.69) is 20.9 Å². The molecule has 0 saturated carbocycles. The smallest absolute Gasteiger partial charge is 0.0961 e. The summed E-state index contributed by atoms with van der Waals surface area (Å²) in [6.07, 6.45) is 3.35. The summed E-state index contributed by atoms with van der Waals surface area (Å²) in [5, 5.41) is 11.0. The highest BCUT2D eigenvalue weighted by Crippen LogP contribution is 2.25. The van der Waals surface area contributed by atoms with Crippen molar-refractivity contribution in [2.75, 3.05) is 5.75 Å². The molecule has 0 aliphatic heterocycles. The highest BCUT2D eigenvalue weighted by molar-refractivity contribution is 9.10. The molecule has 2 nitrogen and oxygen atoms in total. The first-order valence-electron chi connectivity index (χ1n) is 5.06. The molecule has 0 bridgehead atoms. The molecule has 0 fully saturated rings. The number of aromatic nitrogens is 1. The van der Waals surface area contributed by atoms with E-state index in [1.54, 1.807) is 18.0 Å². The summed E-state index contributed by atoms with van der Waals surface area (Å²) in [6, 6.07) is 3.92. The summed E-state index contributed by atoms with van der Waals surface area (Å²) in [7, 11) is 0. The van der Waals surface area contributed by atoms with Crippen LogP contribution in [0.2, 0.25) is 0 Å². The van der Waals surface area contributed by atoms with Gasteiger partial charge in [-0.3, -0.25) is 0 Å². The van der Waals surface area contributed by atoms with Crippen LogP contribution in [0.1, 0.15) is 26.7 Å². The van der Waals surface area contributed by atoms with Gasteiger partial charge in [-0.2, -0.15) is 0 Å². The third-order valence-electron chi connectivity index (χ3n) is 2.51. The van der Waals surface area contributed by atoms with Crippen LogP contribution in [0.5, 0.6) is 0 Å². The summed E-state index contributed by atoms with van der Waals surface area (Å²) in [4.78, 5) is 4.25. The van der Waals surface area contributed by atoms with Gasteiger partial charge in [0.2, 0.25) is 0 Å². The minimum Gasteiger partial charge on any atom is -0.389 e. The lowest BCUT2D eigenvalue weighted by Crippen LogP contribution is -2.29. The van der Waals surface area contributed by atoms with Crippen molar-refractivity contribution < 1.29 is 5.11 Å². The summed E-state index contributed by atoms with van der Waals surface area (Å²) in [5.74, 6) is 0.703. The Bertz CT molecular complexity index is 298. The Labute approximate surface area is 104 Å². The van der Waals surface area contributed by atoms with Gasteiger partial charge >= 0.3 is 0 Å². The standard InChI is InChI=1S/C11H16BrNOS/c1-3-11(14,4-2)8-15-10-6-5-9(12)7-13-10/h5-7,14H,3-4,8H2,1-2H3. The quantitative estimate of drug-likeness (QED) is 0.843. The van der Waals surface area contributed by atoms with Crippen LogP contribution in [0, 0.1) is 0 Å². The second-order valence-corrected chi connectivity index (χ2v) is 5.45. The van der Waals surface area contributed by atoms with Crippen molar-refractivity contribution in [3.8, 4) is 0 Å². The maximum atomic E-state index is 10.1. The zero-order chi connectivity index (χ0) is 11.3. The van der Waals surface area contributed by atoms with Gasteiger partial charge in [-0.15, -0.1) is 11.8 Å². The molecule has 1 heterocycles. The molecule has 1 aromatic heterocycles. The Hall–Kier alpha value is -0.0600.